The highest BCUT2D eigenvalue weighted by molar-refractivity contribution is 7.12. The third-order valence-corrected chi connectivity index (χ3v) is 3.67. The first kappa shape index (κ1) is 11.6. The van der Waals surface area contributed by atoms with E-state index in [1.54, 1.807) is 18.2 Å². The van der Waals surface area contributed by atoms with Crippen LogP contribution in [0.15, 0.2) is 35.7 Å². The predicted octanol–water partition coefficient (Wildman–Crippen LogP) is 4.48. The summed E-state index contributed by atoms with van der Waals surface area (Å²) in [5.74, 6) is 0.0687. The van der Waals surface area contributed by atoms with Crippen molar-refractivity contribution in [3.05, 3.63) is 56.2 Å². The minimum atomic E-state index is 0.0687. The molecular formula is C12H8Cl2OS. The molecular weight excluding hydrogens is 263 g/mol. The molecule has 2 aromatic rings. The highest BCUT2D eigenvalue weighted by Gasteiger charge is 2.10. The summed E-state index contributed by atoms with van der Waals surface area (Å²) in [5.41, 5.74) is 0.771. The van der Waals surface area contributed by atoms with Gasteiger partial charge in [-0.15, -0.1) is 11.3 Å². The molecule has 0 aliphatic heterocycles. The van der Waals surface area contributed by atoms with E-state index in [4.69, 9.17) is 23.2 Å². The Bertz CT molecular complexity index is 506. The van der Waals surface area contributed by atoms with Gasteiger partial charge in [-0.05, 0) is 35.2 Å². The van der Waals surface area contributed by atoms with E-state index in [2.05, 4.69) is 0 Å². The van der Waals surface area contributed by atoms with Crippen LogP contribution in [-0.4, -0.2) is 5.78 Å². The molecule has 4 heteroatoms. The van der Waals surface area contributed by atoms with Gasteiger partial charge in [0.25, 0.3) is 0 Å². The van der Waals surface area contributed by atoms with Crippen molar-refractivity contribution in [2.24, 2.45) is 0 Å². The van der Waals surface area contributed by atoms with Crippen molar-refractivity contribution in [3.63, 3.8) is 0 Å². The summed E-state index contributed by atoms with van der Waals surface area (Å²) in [6.07, 6.45) is 0.292. The molecule has 0 bridgehead atoms. The largest absolute Gasteiger partial charge is 0.293 e. The summed E-state index contributed by atoms with van der Waals surface area (Å²) < 4.78 is 0. The summed E-state index contributed by atoms with van der Waals surface area (Å²) >= 11 is 13.3. The van der Waals surface area contributed by atoms with E-state index in [0.717, 1.165) is 10.4 Å². The predicted molar refractivity (Wildman–Crippen MR) is 68.8 cm³/mol. The van der Waals surface area contributed by atoms with Crippen molar-refractivity contribution in [2.75, 3.05) is 0 Å². The van der Waals surface area contributed by atoms with Gasteiger partial charge < -0.3 is 0 Å². The maximum Gasteiger partial charge on any atom is 0.177 e. The molecule has 0 unspecified atom stereocenters. The second-order valence-corrected chi connectivity index (χ2v) is 5.10. The zero-order valence-corrected chi connectivity index (χ0v) is 10.6. The van der Waals surface area contributed by atoms with Crippen molar-refractivity contribution in [3.8, 4) is 0 Å². The van der Waals surface area contributed by atoms with E-state index in [1.807, 2.05) is 17.5 Å². The monoisotopic (exact) mass is 270 g/mol. The summed E-state index contributed by atoms with van der Waals surface area (Å²) in [7, 11) is 0. The second-order valence-electron chi connectivity index (χ2n) is 3.31. The minimum absolute atomic E-state index is 0.0687. The van der Waals surface area contributed by atoms with E-state index in [9.17, 15) is 4.79 Å². The van der Waals surface area contributed by atoms with E-state index in [-0.39, 0.29) is 5.78 Å². The molecule has 0 saturated carbocycles. The molecule has 0 aliphatic rings. The normalized spacial score (nSPS) is 10.4. The molecule has 0 fully saturated rings. The molecule has 1 aromatic heterocycles. The fraction of sp³-hybridized carbons (Fsp3) is 0.0833. The van der Waals surface area contributed by atoms with Crippen LogP contribution in [0.5, 0.6) is 0 Å². The van der Waals surface area contributed by atoms with Crippen LogP contribution in [0.3, 0.4) is 0 Å². The minimum Gasteiger partial charge on any atom is -0.293 e. The molecule has 0 amide bonds. The van der Waals surface area contributed by atoms with Gasteiger partial charge in [-0.25, -0.2) is 0 Å². The smallest absolute Gasteiger partial charge is 0.177 e. The lowest BCUT2D eigenvalue weighted by atomic mass is 10.1. The standard InChI is InChI=1S/C12H8Cl2OS/c13-9-3-4-10(14)8(6-9)7-11(15)12-2-1-5-16-12/h1-6H,7H2. The Morgan fingerprint density at radius 2 is 2.06 bits per heavy atom. The number of hydrogen-bond donors (Lipinski definition) is 0. The number of ketones is 1. The topological polar surface area (TPSA) is 17.1 Å². The molecule has 16 heavy (non-hydrogen) atoms. The van der Waals surface area contributed by atoms with Crippen LogP contribution in [-0.2, 0) is 6.42 Å². The number of carbonyl (C=O) groups excluding carboxylic acids is 1. The Kier molecular flexibility index (Phi) is 3.64. The zero-order chi connectivity index (χ0) is 11.5. The third-order valence-electron chi connectivity index (χ3n) is 2.15. The van der Waals surface area contributed by atoms with Crippen molar-refractivity contribution in [1.82, 2.24) is 0 Å². The van der Waals surface area contributed by atoms with Gasteiger partial charge >= 0.3 is 0 Å². The second kappa shape index (κ2) is 5.00. The van der Waals surface area contributed by atoms with Crippen LogP contribution < -0.4 is 0 Å². The summed E-state index contributed by atoms with van der Waals surface area (Å²) in [6, 6.07) is 8.82. The highest BCUT2D eigenvalue weighted by Crippen LogP contribution is 2.23. The molecule has 0 radical (unpaired) electrons. The SMILES string of the molecule is O=C(Cc1cc(Cl)ccc1Cl)c1cccs1. The Balaban J connectivity index is 2.21. The first-order chi connectivity index (χ1) is 7.66. The molecule has 1 aromatic carbocycles. The molecule has 2 rings (SSSR count). The lowest BCUT2D eigenvalue weighted by Crippen LogP contribution is -2.01. The number of hydrogen-bond acceptors (Lipinski definition) is 2. The van der Waals surface area contributed by atoms with Gasteiger partial charge in [0.2, 0.25) is 0 Å². The van der Waals surface area contributed by atoms with Gasteiger partial charge in [0, 0.05) is 16.5 Å². The average Bonchev–Trinajstić information content (AvgIpc) is 2.76. The quantitative estimate of drug-likeness (QED) is 0.752. The van der Waals surface area contributed by atoms with Crippen LogP contribution in [0.2, 0.25) is 10.0 Å². The van der Waals surface area contributed by atoms with E-state index in [0.29, 0.717) is 16.5 Å². The fourth-order valence-electron chi connectivity index (χ4n) is 1.38. The van der Waals surface area contributed by atoms with Crippen LogP contribution in [0.4, 0.5) is 0 Å². The Morgan fingerprint density at radius 1 is 1.25 bits per heavy atom. The summed E-state index contributed by atoms with van der Waals surface area (Å²) in [5, 5.41) is 3.06. The maximum atomic E-state index is 11.8. The number of halogens is 2. The zero-order valence-electron chi connectivity index (χ0n) is 8.24. The molecule has 82 valence electrons. The number of carbonyl (C=O) groups is 1. The van der Waals surface area contributed by atoms with Gasteiger partial charge in [-0.2, -0.15) is 0 Å². The van der Waals surface area contributed by atoms with Gasteiger partial charge in [-0.1, -0.05) is 29.3 Å². The lowest BCUT2D eigenvalue weighted by Gasteiger charge is -2.03. The molecule has 1 nitrogen and oxygen atoms in total. The van der Waals surface area contributed by atoms with E-state index < -0.39 is 0 Å². The maximum absolute atomic E-state index is 11.8. The van der Waals surface area contributed by atoms with Crippen molar-refractivity contribution >= 4 is 40.3 Å². The van der Waals surface area contributed by atoms with Crippen molar-refractivity contribution in [2.45, 2.75) is 6.42 Å². The van der Waals surface area contributed by atoms with Crippen molar-refractivity contribution in [1.29, 1.82) is 0 Å². The Hall–Kier alpha value is -0.830. The Labute approximate surface area is 108 Å². The molecule has 0 saturated heterocycles. The summed E-state index contributed by atoms with van der Waals surface area (Å²) in [6.45, 7) is 0. The fourth-order valence-corrected chi connectivity index (χ4v) is 2.42. The van der Waals surface area contributed by atoms with Crippen LogP contribution >= 0.6 is 34.5 Å². The third kappa shape index (κ3) is 2.64. The molecule has 1 heterocycles. The van der Waals surface area contributed by atoms with Crippen LogP contribution in [0, 0.1) is 0 Å². The number of rotatable bonds is 3. The van der Waals surface area contributed by atoms with Gasteiger partial charge in [0.1, 0.15) is 0 Å². The average molecular weight is 271 g/mol. The van der Waals surface area contributed by atoms with E-state index in [1.165, 1.54) is 11.3 Å². The number of Topliss-reactive ketones (excluding diaryl/α,β-unsaturated/α-hetero) is 1. The van der Waals surface area contributed by atoms with Crippen LogP contribution in [0.1, 0.15) is 15.2 Å². The highest BCUT2D eigenvalue weighted by atomic mass is 35.5. The van der Waals surface area contributed by atoms with Crippen molar-refractivity contribution < 1.29 is 4.79 Å². The number of benzene rings is 1. The van der Waals surface area contributed by atoms with Gasteiger partial charge in [0.15, 0.2) is 5.78 Å². The molecule has 0 N–H and O–H groups in total. The summed E-state index contributed by atoms with van der Waals surface area (Å²) in [4.78, 5) is 12.6. The first-order valence-electron chi connectivity index (χ1n) is 4.67. The molecule has 0 atom stereocenters. The lowest BCUT2D eigenvalue weighted by molar-refractivity contribution is 0.0997. The Morgan fingerprint density at radius 3 is 2.75 bits per heavy atom. The van der Waals surface area contributed by atoms with E-state index >= 15 is 0 Å². The number of thiophene rings is 1. The van der Waals surface area contributed by atoms with Gasteiger partial charge in [0.05, 0.1) is 4.88 Å². The first-order valence-corrected chi connectivity index (χ1v) is 6.31. The molecule has 0 aliphatic carbocycles. The molecule has 0 spiro atoms. The van der Waals surface area contributed by atoms with Gasteiger partial charge in [-0.3, -0.25) is 4.79 Å². The van der Waals surface area contributed by atoms with Crippen LogP contribution in [0.25, 0.3) is 0 Å².